The van der Waals surface area contributed by atoms with E-state index in [1.54, 1.807) is 6.92 Å². The van der Waals surface area contributed by atoms with Crippen molar-refractivity contribution in [2.24, 2.45) is 0 Å². The molecule has 0 atom stereocenters. The fourth-order valence-electron chi connectivity index (χ4n) is 0.143. The third-order valence-corrected chi connectivity index (χ3v) is 0.309. The molecule has 0 rings (SSSR count). The Labute approximate surface area is 52.7 Å². The van der Waals surface area contributed by atoms with Crippen molar-refractivity contribution < 1.29 is 27.0 Å². The van der Waals surface area contributed by atoms with Crippen LogP contribution in [-0.4, -0.2) is 11.1 Å². The normalized spacial score (nSPS) is 8.14. The van der Waals surface area contributed by atoms with E-state index in [0.717, 1.165) is 6.08 Å². The number of allylic oxidation sites excluding steroid dienone is 1. The number of carboxylic acids is 1. The van der Waals surface area contributed by atoms with Crippen LogP contribution >= 0.6 is 0 Å². The van der Waals surface area contributed by atoms with Gasteiger partial charge in [-0.3, -0.25) is 0 Å². The molecule has 0 radical (unpaired) electrons. The zero-order valence-corrected chi connectivity index (χ0v) is 4.97. The van der Waals surface area contributed by atoms with Crippen molar-refractivity contribution in [3.63, 3.8) is 0 Å². The van der Waals surface area contributed by atoms with Crippen LogP contribution in [0.25, 0.3) is 0 Å². The molecule has 0 saturated carbocycles. The van der Waals surface area contributed by atoms with Gasteiger partial charge in [0.1, 0.15) is 0 Å². The second-order valence-corrected chi connectivity index (χ2v) is 0.838. The van der Waals surface area contributed by atoms with E-state index in [0.29, 0.717) is 0 Å². The minimum Gasteiger partial charge on any atom is -0.478 e. The second kappa shape index (κ2) is 5.73. The second-order valence-electron chi connectivity index (χ2n) is 0.838. The van der Waals surface area contributed by atoms with Crippen LogP contribution < -0.4 is 0 Å². The van der Waals surface area contributed by atoms with Crippen LogP contribution in [0.4, 0.5) is 0 Å². The maximum Gasteiger partial charge on any atom is 0.327 e. The number of carbonyl (C=O) groups is 1. The Bertz CT molecular complexity index is 77.8. The third-order valence-electron chi connectivity index (χ3n) is 0.309. The summed E-state index contributed by atoms with van der Waals surface area (Å²) in [6, 6.07) is 0. The molecule has 0 fully saturated rings. The first-order chi connectivity index (χ1) is 2.77. The van der Waals surface area contributed by atoms with Crippen molar-refractivity contribution in [3.05, 3.63) is 12.2 Å². The summed E-state index contributed by atoms with van der Waals surface area (Å²) in [7, 11) is 0. The molecule has 0 spiro atoms. The minimum atomic E-state index is -0.891. The van der Waals surface area contributed by atoms with Crippen LogP contribution in [0.5, 0.6) is 0 Å². The molecule has 0 bridgehead atoms. The van der Waals surface area contributed by atoms with Gasteiger partial charge in [-0.25, -0.2) is 4.79 Å². The molecule has 42 valence electrons. The van der Waals surface area contributed by atoms with Gasteiger partial charge in [-0.2, -0.15) is 0 Å². The van der Waals surface area contributed by atoms with Crippen molar-refractivity contribution in [2.75, 3.05) is 0 Å². The summed E-state index contributed by atoms with van der Waals surface area (Å²) < 4.78 is 0. The molecule has 0 aliphatic carbocycles. The van der Waals surface area contributed by atoms with E-state index >= 15 is 0 Å². The standard InChI is InChI=1S/C4H6O2.Fe/c1-2-3-4(5)6;/h2-3H,1H3,(H,5,6);/b3-2+;. The summed E-state index contributed by atoms with van der Waals surface area (Å²) in [6.07, 6.45) is 2.56. The van der Waals surface area contributed by atoms with Crippen LogP contribution in [0.3, 0.4) is 0 Å². The van der Waals surface area contributed by atoms with Crippen molar-refractivity contribution in [2.45, 2.75) is 6.92 Å². The number of hydrogen-bond donors (Lipinski definition) is 1. The van der Waals surface area contributed by atoms with Crippen molar-refractivity contribution in [1.82, 2.24) is 0 Å². The van der Waals surface area contributed by atoms with Gasteiger partial charge in [0.25, 0.3) is 0 Å². The Morgan fingerprint density at radius 2 is 2.14 bits per heavy atom. The quantitative estimate of drug-likeness (QED) is 0.430. The molecule has 3 heteroatoms. The van der Waals surface area contributed by atoms with Gasteiger partial charge < -0.3 is 5.11 Å². The number of rotatable bonds is 1. The first-order valence-electron chi connectivity index (χ1n) is 1.63. The molecule has 2 nitrogen and oxygen atoms in total. The van der Waals surface area contributed by atoms with Gasteiger partial charge in [0.05, 0.1) is 0 Å². The summed E-state index contributed by atoms with van der Waals surface area (Å²) in [5, 5.41) is 7.83. The number of aliphatic carboxylic acids is 1. The van der Waals surface area contributed by atoms with Crippen LogP contribution in [0, 0.1) is 0 Å². The molecule has 0 unspecified atom stereocenters. The fraction of sp³-hybridized carbons (Fsp3) is 0.250. The molecule has 0 heterocycles. The van der Waals surface area contributed by atoms with Gasteiger partial charge in [-0.1, -0.05) is 6.08 Å². The summed E-state index contributed by atoms with van der Waals surface area (Å²) in [4.78, 5) is 9.51. The monoisotopic (exact) mass is 142 g/mol. The molecule has 0 aromatic heterocycles. The average Bonchev–Trinajstić information content (AvgIpc) is 1.35. The Hall–Kier alpha value is -0.271. The molecule has 0 amide bonds. The molecule has 0 saturated heterocycles. The van der Waals surface area contributed by atoms with E-state index in [9.17, 15) is 4.79 Å². The Morgan fingerprint density at radius 1 is 1.71 bits per heavy atom. The molecule has 0 aliphatic rings. The van der Waals surface area contributed by atoms with Crippen molar-refractivity contribution in [3.8, 4) is 0 Å². The molecule has 7 heavy (non-hydrogen) atoms. The van der Waals surface area contributed by atoms with Gasteiger partial charge in [-0.15, -0.1) is 0 Å². The van der Waals surface area contributed by atoms with E-state index < -0.39 is 5.97 Å². The minimum absolute atomic E-state index is 0. The zero-order chi connectivity index (χ0) is 4.99. The maximum absolute atomic E-state index is 9.51. The van der Waals surface area contributed by atoms with Gasteiger partial charge in [0.2, 0.25) is 0 Å². The van der Waals surface area contributed by atoms with E-state index in [-0.39, 0.29) is 17.1 Å². The van der Waals surface area contributed by atoms with Gasteiger partial charge in [0.15, 0.2) is 0 Å². The van der Waals surface area contributed by atoms with E-state index in [1.165, 1.54) is 6.08 Å². The third kappa shape index (κ3) is 10.7. The summed E-state index contributed by atoms with van der Waals surface area (Å²) in [5.74, 6) is -0.891. The SMILES string of the molecule is C/C=C/C(=O)O.[Fe]. The molecule has 0 aromatic carbocycles. The smallest absolute Gasteiger partial charge is 0.327 e. The Balaban J connectivity index is 0. The number of hydrogen-bond acceptors (Lipinski definition) is 1. The molecular weight excluding hydrogens is 136 g/mol. The van der Waals surface area contributed by atoms with Crippen molar-refractivity contribution in [1.29, 1.82) is 0 Å². The Morgan fingerprint density at radius 3 is 2.14 bits per heavy atom. The van der Waals surface area contributed by atoms with Crippen LogP contribution in [0.1, 0.15) is 6.92 Å². The molecule has 1 N–H and O–H groups in total. The zero-order valence-electron chi connectivity index (χ0n) is 3.86. The molecular formula is C4H6FeO2. The Kier molecular flexibility index (Phi) is 8.08. The van der Waals surface area contributed by atoms with Gasteiger partial charge in [0, 0.05) is 23.1 Å². The molecule has 0 aromatic rings. The predicted octanol–water partition coefficient (Wildman–Crippen LogP) is 0.645. The topological polar surface area (TPSA) is 37.3 Å². The fourth-order valence-corrected chi connectivity index (χ4v) is 0.143. The van der Waals surface area contributed by atoms with E-state index in [2.05, 4.69) is 0 Å². The maximum atomic E-state index is 9.51. The summed E-state index contributed by atoms with van der Waals surface area (Å²) >= 11 is 0. The van der Waals surface area contributed by atoms with Gasteiger partial charge >= 0.3 is 5.97 Å². The molecule has 0 aliphatic heterocycles. The van der Waals surface area contributed by atoms with Crippen LogP contribution in [0.2, 0.25) is 0 Å². The number of carboxylic acid groups (broad SMARTS) is 1. The van der Waals surface area contributed by atoms with E-state index in [1.807, 2.05) is 0 Å². The summed E-state index contributed by atoms with van der Waals surface area (Å²) in [6.45, 7) is 1.66. The largest absolute Gasteiger partial charge is 0.478 e. The van der Waals surface area contributed by atoms with Crippen LogP contribution in [0.15, 0.2) is 12.2 Å². The predicted molar refractivity (Wildman–Crippen MR) is 22.4 cm³/mol. The summed E-state index contributed by atoms with van der Waals surface area (Å²) in [5.41, 5.74) is 0. The first kappa shape index (κ1) is 9.88. The van der Waals surface area contributed by atoms with Crippen molar-refractivity contribution >= 4 is 5.97 Å². The first-order valence-corrected chi connectivity index (χ1v) is 1.63. The van der Waals surface area contributed by atoms with E-state index in [4.69, 9.17) is 5.11 Å². The van der Waals surface area contributed by atoms with Crippen LogP contribution in [-0.2, 0) is 21.9 Å². The average molecular weight is 142 g/mol. The van der Waals surface area contributed by atoms with Gasteiger partial charge in [-0.05, 0) is 6.92 Å².